The number of sulfonamides is 1. The molecule has 0 amide bonds. The van der Waals surface area contributed by atoms with Crippen LogP contribution >= 0.6 is 0 Å². The lowest BCUT2D eigenvalue weighted by Gasteiger charge is -2.26. The van der Waals surface area contributed by atoms with Gasteiger partial charge in [0.05, 0.1) is 5.75 Å². The SMILES string of the molecule is O=S(=O)(Cc1ccccc1F)NCCCN1CCCCC1. The maximum atomic E-state index is 13.5. The monoisotopic (exact) mass is 314 g/mol. The average molecular weight is 314 g/mol. The second-order valence-corrected chi connectivity index (χ2v) is 7.31. The van der Waals surface area contributed by atoms with E-state index in [1.807, 2.05) is 0 Å². The standard InChI is InChI=1S/C15H23FN2O2S/c16-15-8-3-2-7-14(15)13-21(19,20)17-9-6-12-18-10-4-1-5-11-18/h2-3,7-8,17H,1,4-6,9-13H2. The molecule has 6 heteroatoms. The fourth-order valence-corrected chi connectivity index (χ4v) is 3.79. The summed E-state index contributed by atoms with van der Waals surface area (Å²) in [6, 6.07) is 5.98. The predicted molar refractivity (Wildman–Crippen MR) is 81.9 cm³/mol. The van der Waals surface area contributed by atoms with E-state index in [1.165, 1.54) is 31.4 Å². The molecule has 0 aliphatic carbocycles. The Balaban J connectivity index is 1.72. The van der Waals surface area contributed by atoms with Gasteiger partial charge < -0.3 is 4.90 Å². The maximum Gasteiger partial charge on any atom is 0.215 e. The fraction of sp³-hybridized carbons (Fsp3) is 0.600. The summed E-state index contributed by atoms with van der Waals surface area (Å²) in [5.74, 6) is -0.778. The van der Waals surface area contributed by atoms with E-state index in [0.29, 0.717) is 6.54 Å². The van der Waals surface area contributed by atoms with Gasteiger partial charge in [-0.25, -0.2) is 17.5 Å². The van der Waals surface area contributed by atoms with Crippen LogP contribution < -0.4 is 4.72 Å². The van der Waals surface area contributed by atoms with Crippen molar-refractivity contribution in [1.29, 1.82) is 0 Å². The molecule has 1 aliphatic heterocycles. The molecule has 1 aromatic carbocycles. The summed E-state index contributed by atoms with van der Waals surface area (Å²) in [4.78, 5) is 2.37. The van der Waals surface area contributed by atoms with Crippen LogP contribution in [0.5, 0.6) is 0 Å². The van der Waals surface area contributed by atoms with Crippen LogP contribution in [0.3, 0.4) is 0 Å². The Morgan fingerprint density at radius 3 is 2.57 bits per heavy atom. The highest BCUT2D eigenvalue weighted by molar-refractivity contribution is 7.88. The van der Waals surface area contributed by atoms with E-state index in [0.717, 1.165) is 26.1 Å². The van der Waals surface area contributed by atoms with Gasteiger partial charge in [-0.3, -0.25) is 0 Å². The van der Waals surface area contributed by atoms with Gasteiger partial charge in [-0.1, -0.05) is 24.6 Å². The van der Waals surface area contributed by atoms with Crippen LogP contribution in [0.2, 0.25) is 0 Å². The highest BCUT2D eigenvalue weighted by Gasteiger charge is 2.14. The van der Waals surface area contributed by atoms with Crippen molar-refractivity contribution < 1.29 is 12.8 Å². The lowest BCUT2D eigenvalue weighted by molar-refractivity contribution is 0.227. The van der Waals surface area contributed by atoms with E-state index < -0.39 is 15.8 Å². The van der Waals surface area contributed by atoms with E-state index >= 15 is 0 Å². The Morgan fingerprint density at radius 2 is 1.86 bits per heavy atom. The first kappa shape index (κ1) is 16.4. The van der Waals surface area contributed by atoms with E-state index in [1.54, 1.807) is 12.1 Å². The molecule has 4 nitrogen and oxygen atoms in total. The molecule has 1 aliphatic rings. The lowest BCUT2D eigenvalue weighted by atomic mass is 10.1. The number of hydrogen-bond acceptors (Lipinski definition) is 3. The van der Waals surface area contributed by atoms with Crippen molar-refractivity contribution in [3.05, 3.63) is 35.6 Å². The van der Waals surface area contributed by atoms with Gasteiger partial charge in [0.2, 0.25) is 10.0 Å². The molecule has 1 saturated heterocycles. The third-order valence-electron chi connectivity index (χ3n) is 3.73. The van der Waals surface area contributed by atoms with Crippen molar-refractivity contribution in [1.82, 2.24) is 9.62 Å². The second kappa shape index (κ2) is 7.87. The maximum absolute atomic E-state index is 13.5. The number of likely N-dealkylation sites (tertiary alicyclic amines) is 1. The third kappa shape index (κ3) is 5.73. The zero-order valence-corrected chi connectivity index (χ0v) is 13.0. The fourth-order valence-electron chi connectivity index (χ4n) is 2.58. The second-order valence-electron chi connectivity index (χ2n) is 5.50. The molecule has 0 atom stereocenters. The molecule has 1 heterocycles. The molecule has 0 aromatic heterocycles. The molecule has 0 saturated carbocycles. The summed E-state index contributed by atoms with van der Waals surface area (Å²) in [6.07, 6.45) is 4.56. The Kier molecular flexibility index (Phi) is 6.14. The molecule has 0 unspecified atom stereocenters. The van der Waals surface area contributed by atoms with Gasteiger partial charge in [-0.05, 0) is 45.0 Å². The summed E-state index contributed by atoms with van der Waals surface area (Å²) in [7, 11) is -3.47. The molecule has 2 rings (SSSR count). The highest BCUT2D eigenvalue weighted by atomic mass is 32.2. The van der Waals surface area contributed by atoms with E-state index in [-0.39, 0.29) is 11.3 Å². The molecular weight excluding hydrogens is 291 g/mol. The van der Waals surface area contributed by atoms with Gasteiger partial charge in [0.25, 0.3) is 0 Å². The Labute approximate surface area is 126 Å². The van der Waals surface area contributed by atoms with Gasteiger partial charge in [0, 0.05) is 12.1 Å². The molecular formula is C15H23FN2O2S. The zero-order valence-electron chi connectivity index (χ0n) is 12.2. The van der Waals surface area contributed by atoms with Crippen LogP contribution in [-0.4, -0.2) is 39.5 Å². The molecule has 21 heavy (non-hydrogen) atoms. The molecule has 1 aromatic rings. The van der Waals surface area contributed by atoms with Crippen LogP contribution in [0, 0.1) is 5.82 Å². The largest absolute Gasteiger partial charge is 0.303 e. The Bertz CT molecular complexity index is 542. The average Bonchev–Trinajstić information content (AvgIpc) is 2.47. The van der Waals surface area contributed by atoms with Crippen LogP contribution in [0.15, 0.2) is 24.3 Å². The number of nitrogens with zero attached hydrogens (tertiary/aromatic N) is 1. The lowest BCUT2D eigenvalue weighted by Crippen LogP contribution is -2.33. The van der Waals surface area contributed by atoms with Gasteiger partial charge >= 0.3 is 0 Å². The first-order valence-electron chi connectivity index (χ1n) is 7.50. The molecule has 1 N–H and O–H groups in total. The van der Waals surface area contributed by atoms with Gasteiger partial charge in [-0.2, -0.15) is 0 Å². The smallest absolute Gasteiger partial charge is 0.215 e. The van der Waals surface area contributed by atoms with Crippen LogP contribution in [0.4, 0.5) is 4.39 Å². The summed E-state index contributed by atoms with van der Waals surface area (Å²) in [5, 5.41) is 0. The van der Waals surface area contributed by atoms with Crippen LogP contribution in [0.1, 0.15) is 31.2 Å². The summed E-state index contributed by atoms with van der Waals surface area (Å²) in [5.41, 5.74) is 0.209. The minimum absolute atomic E-state index is 0.209. The normalized spacial score (nSPS) is 17.0. The van der Waals surface area contributed by atoms with Crippen LogP contribution in [0.25, 0.3) is 0 Å². The van der Waals surface area contributed by atoms with Crippen molar-refractivity contribution in [2.75, 3.05) is 26.2 Å². The minimum Gasteiger partial charge on any atom is -0.303 e. The molecule has 0 spiro atoms. The van der Waals surface area contributed by atoms with Gasteiger partial charge in [0.15, 0.2) is 0 Å². The van der Waals surface area contributed by atoms with Crippen molar-refractivity contribution in [3.8, 4) is 0 Å². The number of rotatable bonds is 7. The molecule has 118 valence electrons. The van der Waals surface area contributed by atoms with E-state index in [2.05, 4.69) is 9.62 Å². The molecule has 1 fully saturated rings. The van der Waals surface area contributed by atoms with Crippen molar-refractivity contribution in [3.63, 3.8) is 0 Å². The molecule has 0 radical (unpaired) electrons. The van der Waals surface area contributed by atoms with Crippen molar-refractivity contribution >= 4 is 10.0 Å². The number of benzene rings is 1. The van der Waals surface area contributed by atoms with Gasteiger partial charge in [0.1, 0.15) is 5.82 Å². The van der Waals surface area contributed by atoms with E-state index in [9.17, 15) is 12.8 Å². The first-order chi connectivity index (χ1) is 10.1. The van der Waals surface area contributed by atoms with Gasteiger partial charge in [-0.15, -0.1) is 0 Å². The van der Waals surface area contributed by atoms with Crippen molar-refractivity contribution in [2.45, 2.75) is 31.4 Å². The first-order valence-corrected chi connectivity index (χ1v) is 9.15. The van der Waals surface area contributed by atoms with Crippen LogP contribution in [-0.2, 0) is 15.8 Å². The third-order valence-corrected chi connectivity index (χ3v) is 5.06. The van der Waals surface area contributed by atoms with Crippen molar-refractivity contribution in [2.24, 2.45) is 0 Å². The molecule has 0 bridgehead atoms. The minimum atomic E-state index is -3.47. The number of halogens is 1. The Hall–Kier alpha value is -0.980. The summed E-state index contributed by atoms with van der Waals surface area (Å²) >= 11 is 0. The quantitative estimate of drug-likeness (QED) is 0.784. The zero-order chi connectivity index (χ0) is 15.1. The highest BCUT2D eigenvalue weighted by Crippen LogP contribution is 2.10. The number of piperidine rings is 1. The summed E-state index contributed by atoms with van der Waals surface area (Å²) in [6.45, 7) is 3.56. The summed E-state index contributed by atoms with van der Waals surface area (Å²) < 4.78 is 39.8. The Morgan fingerprint density at radius 1 is 1.14 bits per heavy atom. The predicted octanol–water partition coefficient (Wildman–Crippen LogP) is 2.12. The number of hydrogen-bond donors (Lipinski definition) is 1. The number of nitrogens with one attached hydrogen (secondary N) is 1. The topological polar surface area (TPSA) is 49.4 Å². The van der Waals surface area contributed by atoms with E-state index in [4.69, 9.17) is 0 Å².